The highest BCUT2D eigenvalue weighted by atomic mass is 79.9. The van der Waals surface area contributed by atoms with Gasteiger partial charge in [0.1, 0.15) is 11.5 Å². The van der Waals surface area contributed by atoms with Crippen LogP contribution < -0.4 is 10.5 Å². The van der Waals surface area contributed by atoms with Crippen molar-refractivity contribution in [1.29, 1.82) is 0 Å². The first-order chi connectivity index (χ1) is 9.10. The number of benzene rings is 2. The highest BCUT2D eigenvalue weighted by molar-refractivity contribution is 9.10. The quantitative estimate of drug-likeness (QED) is 0.820. The Hall–Kier alpha value is -0.840. The zero-order valence-corrected chi connectivity index (χ0v) is 13.8. The molecule has 0 amide bonds. The molecule has 0 aromatic heterocycles. The maximum Gasteiger partial charge on any atom is 0.141 e. The summed E-state index contributed by atoms with van der Waals surface area (Å²) < 4.78 is 7.85. The predicted molar refractivity (Wildman–Crippen MR) is 85.9 cm³/mol. The molecule has 0 saturated heterocycles. The Labute approximate surface area is 130 Å². The molecule has 100 valence electrons. The van der Waals surface area contributed by atoms with Crippen LogP contribution in [0, 0.1) is 6.92 Å². The average Bonchev–Trinajstić information content (AvgIpc) is 2.36. The molecular weight excluding hydrogens is 370 g/mol. The summed E-state index contributed by atoms with van der Waals surface area (Å²) in [7, 11) is 0. The van der Waals surface area contributed by atoms with E-state index < -0.39 is 0 Å². The van der Waals surface area contributed by atoms with Crippen molar-refractivity contribution in [2.45, 2.75) is 13.3 Å². The summed E-state index contributed by atoms with van der Waals surface area (Å²) in [5, 5.41) is 0. The molecule has 4 heteroatoms. The lowest BCUT2D eigenvalue weighted by atomic mass is 10.1. The molecule has 0 unspecified atom stereocenters. The maximum atomic E-state index is 5.87. The number of hydrogen-bond donors (Lipinski definition) is 1. The highest BCUT2D eigenvalue weighted by Crippen LogP contribution is 2.32. The second-order valence-corrected chi connectivity index (χ2v) is 6.04. The molecule has 0 saturated carbocycles. The molecule has 2 aromatic carbocycles. The van der Waals surface area contributed by atoms with Crippen LogP contribution in [0.5, 0.6) is 11.5 Å². The molecule has 2 nitrogen and oxygen atoms in total. The fraction of sp³-hybridized carbons (Fsp3) is 0.200. The van der Waals surface area contributed by atoms with Gasteiger partial charge in [-0.15, -0.1) is 0 Å². The fourth-order valence-corrected chi connectivity index (χ4v) is 2.90. The third-order valence-electron chi connectivity index (χ3n) is 2.75. The van der Waals surface area contributed by atoms with Crippen LogP contribution >= 0.6 is 31.9 Å². The van der Waals surface area contributed by atoms with Crippen LogP contribution in [-0.2, 0) is 6.42 Å². The zero-order chi connectivity index (χ0) is 13.8. The van der Waals surface area contributed by atoms with Crippen molar-refractivity contribution < 1.29 is 4.74 Å². The van der Waals surface area contributed by atoms with Crippen molar-refractivity contribution in [3.8, 4) is 11.5 Å². The molecule has 0 aliphatic rings. The minimum Gasteiger partial charge on any atom is -0.456 e. The molecule has 0 bridgehead atoms. The lowest BCUT2D eigenvalue weighted by Gasteiger charge is -2.10. The van der Waals surface area contributed by atoms with Crippen LogP contribution in [0.25, 0.3) is 0 Å². The van der Waals surface area contributed by atoms with Gasteiger partial charge in [-0.25, -0.2) is 0 Å². The number of nitrogens with two attached hydrogens (primary N) is 1. The third-order valence-corrected chi connectivity index (χ3v) is 4.11. The van der Waals surface area contributed by atoms with Crippen LogP contribution in [0.4, 0.5) is 0 Å². The lowest BCUT2D eigenvalue weighted by molar-refractivity contribution is 0.479. The normalized spacial score (nSPS) is 10.5. The molecular formula is C15H15Br2NO. The number of rotatable bonds is 4. The van der Waals surface area contributed by atoms with E-state index in [1.54, 1.807) is 0 Å². The highest BCUT2D eigenvalue weighted by Gasteiger charge is 2.05. The summed E-state index contributed by atoms with van der Waals surface area (Å²) in [6, 6.07) is 12.0. The van der Waals surface area contributed by atoms with Crippen molar-refractivity contribution in [3.63, 3.8) is 0 Å². The molecule has 0 atom stereocenters. The minimum atomic E-state index is 0.641. The van der Waals surface area contributed by atoms with E-state index >= 15 is 0 Å². The van der Waals surface area contributed by atoms with Gasteiger partial charge in [-0.2, -0.15) is 0 Å². The Bertz CT molecular complexity index is 584. The van der Waals surface area contributed by atoms with E-state index in [1.807, 2.05) is 43.3 Å². The van der Waals surface area contributed by atoms with Gasteiger partial charge in [-0.3, -0.25) is 0 Å². The van der Waals surface area contributed by atoms with Crippen LogP contribution in [0.3, 0.4) is 0 Å². The lowest BCUT2D eigenvalue weighted by Crippen LogP contribution is -2.03. The molecule has 0 aliphatic carbocycles. The van der Waals surface area contributed by atoms with Gasteiger partial charge < -0.3 is 10.5 Å². The predicted octanol–water partition coefficient (Wildman–Crippen LogP) is 4.81. The molecule has 19 heavy (non-hydrogen) atoms. The fourth-order valence-electron chi connectivity index (χ4n) is 1.77. The number of ether oxygens (including phenoxy) is 1. The van der Waals surface area contributed by atoms with Gasteiger partial charge in [0.25, 0.3) is 0 Å². The van der Waals surface area contributed by atoms with Gasteiger partial charge in [0.15, 0.2) is 0 Å². The van der Waals surface area contributed by atoms with E-state index in [-0.39, 0.29) is 0 Å². The van der Waals surface area contributed by atoms with E-state index in [2.05, 4.69) is 31.9 Å². The SMILES string of the molecule is Cc1ccc(Oc2ccc(CCN)c(Br)c2)c(Br)c1. The van der Waals surface area contributed by atoms with Crippen molar-refractivity contribution in [3.05, 3.63) is 56.5 Å². The van der Waals surface area contributed by atoms with Gasteiger partial charge in [0.05, 0.1) is 4.47 Å². The number of aryl methyl sites for hydroxylation is 1. The van der Waals surface area contributed by atoms with Gasteiger partial charge in [-0.05, 0) is 71.2 Å². The largest absolute Gasteiger partial charge is 0.456 e. The van der Waals surface area contributed by atoms with Crippen LogP contribution in [-0.4, -0.2) is 6.54 Å². The summed E-state index contributed by atoms with van der Waals surface area (Å²) in [6.07, 6.45) is 0.856. The van der Waals surface area contributed by atoms with E-state index in [9.17, 15) is 0 Å². The van der Waals surface area contributed by atoms with E-state index in [0.29, 0.717) is 6.54 Å². The summed E-state index contributed by atoms with van der Waals surface area (Å²) in [6.45, 7) is 2.69. The standard InChI is InChI=1S/C15H15Br2NO/c1-10-2-5-15(14(17)8-10)19-12-4-3-11(6-7-18)13(16)9-12/h2-5,8-9H,6-7,18H2,1H3. The molecule has 0 fully saturated rings. The summed E-state index contributed by atoms with van der Waals surface area (Å²) in [4.78, 5) is 0. The molecule has 0 spiro atoms. The van der Waals surface area contributed by atoms with Crippen LogP contribution in [0.15, 0.2) is 45.3 Å². The molecule has 0 radical (unpaired) electrons. The van der Waals surface area contributed by atoms with E-state index in [1.165, 1.54) is 11.1 Å². The third kappa shape index (κ3) is 3.81. The summed E-state index contributed by atoms with van der Waals surface area (Å²) in [5.74, 6) is 1.61. The first-order valence-electron chi connectivity index (χ1n) is 6.02. The average molecular weight is 385 g/mol. The topological polar surface area (TPSA) is 35.2 Å². The van der Waals surface area contributed by atoms with Gasteiger partial charge in [-0.1, -0.05) is 28.1 Å². The number of hydrogen-bond acceptors (Lipinski definition) is 2. The van der Waals surface area contributed by atoms with Gasteiger partial charge in [0.2, 0.25) is 0 Å². The van der Waals surface area contributed by atoms with Crippen molar-refractivity contribution in [1.82, 2.24) is 0 Å². The van der Waals surface area contributed by atoms with E-state index in [4.69, 9.17) is 10.5 Å². The molecule has 2 rings (SSSR count). The second-order valence-electron chi connectivity index (χ2n) is 4.33. The Morgan fingerprint density at radius 2 is 1.84 bits per heavy atom. The molecule has 2 aromatic rings. The summed E-state index contributed by atoms with van der Waals surface area (Å²) >= 11 is 7.05. The van der Waals surface area contributed by atoms with Gasteiger partial charge >= 0.3 is 0 Å². The second kappa shape index (κ2) is 6.55. The smallest absolute Gasteiger partial charge is 0.141 e. The van der Waals surface area contributed by atoms with Crippen molar-refractivity contribution in [2.75, 3.05) is 6.54 Å². The monoisotopic (exact) mass is 383 g/mol. The molecule has 0 aliphatic heterocycles. The first kappa shape index (κ1) is 14.6. The van der Waals surface area contributed by atoms with Crippen molar-refractivity contribution in [2.24, 2.45) is 5.73 Å². The van der Waals surface area contributed by atoms with E-state index in [0.717, 1.165) is 26.9 Å². The Kier molecular flexibility index (Phi) is 5.02. The zero-order valence-electron chi connectivity index (χ0n) is 10.6. The molecule has 2 N–H and O–H groups in total. The minimum absolute atomic E-state index is 0.641. The Balaban J connectivity index is 2.21. The van der Waals surface area contributed by atoms with Gasteiger partial charge in [0, 0.05) is 4.47 Å². The first-order valence-corrected chi connectivity index (χ1v) is 7.61. The molecule has 0 heterocycles. The number of halogens is 2. The van der Waals surface area contributed by atoms with Crippen LogP contribution in [0.2, 0.25) is 0 Å². The van der Waals surface area contributed by atoms with Crippen LogP contribution in [0.1, 0.15) is 11.1 Å². The van der Waals surface area contributed by atoms with Crippen molar-refractivity contribution >= 4 is 31.9 Å². The Morgan fingerprint density at radius 1 is 1.05 bits per heavy atom. The Morgan fingerprint density at radius 3 is 2.47 bits per heavy atom. The summed E-state index contributed by atoms with van der Waals surface area (Å²) in [5.41, 5.74) is 7.95. The maximum absolute atomic E-state index is 5.87.